The second-order valence-electron chi connectivity index (χ2n) is 4.55. The van der Waals surface area contributed by atoms with Gasteiger partial charge in [0.25, 0.3) is 0 Å². The molecule has 0 spiro atoms. The van der Waals surface area contributed by atoms with E-state index in [1.54, 1.807) is 20.4 Å². The van der Waals surface area contributed by atoms with Gasteiger partial charge in [0.15, 0.2) is 0 Å². The zero-order chi connectivity index (χ0) is 14.4. The number of nitrogens with two attached hydrogens (primary N) is 1. The van der Waals surface area contributed by atoms with Gasteiger partial charge in [-0.05, 0) is 24.3 Å². The standard InChI is InChI=1S/C15H21N3O2/c1-19-10-8-18(9-11-20-2)14-6-5-13(16)12-4-3-7-17-15(12)14/h3-7H,8-11,16H2,1-2H3. The van der Waals surface area contributed by atoms with Gasteiger partial charge in [-0.15, -0.1) is 0 Å². The van der Waals surface area contributed by atoms with E-state index in [9.17, 15) is 0 Å². The number of anilines is 2. The number of methoxy groups -OCH3 is 2. The molecule has 0 amide bonds. The van der Waals surface area contributed by atoms with Crippen molar-refractivity contribution < 1.29 is 9.47 Å². The normalized spacial score (nSPS) is 10.9. The van der Waals surface area contributed by atoms with Gasteiger partial charge in [-0.1, -0.05) is 0 Å². The van der Waals surface area contributed by atoms with Crippen molar-refractivity contribution in [2.75, 3.05) is 51.2 Å². The largest absolute Gasteiger partial charge is 0.398 e. The molecule has 0 aliphatic carbocycles. The number of nitrogens with zero attached hydrogens (tertiary/aromatic N) is 2. The first-order chi connectivity index (χ1) is 9.77. The molecule has 0 saturated carbocycles. The molecule has 20 heavy (non-hydrogen) atoms. The van der Waals surface area contributed by atoms with Gasteiger partial charge in [-0.3, -0.25) is 4.98 Å². The molecule has 0 radical (unpaired) electrons. The van der Waals surface area contributed by atoms with E-state index in [1.165, 1.54) is 0 Å². The maximum atomic E-state index is 6.02. The third kappa shape index (κ3) is 3.18. The van der Waals surface area contributed by atoms with E-state index in [0.29, 0.717) is 13.2 Å². The van der Waals surface area contributed by atoms with E-state index >= 15 is 0 Å². The molecule has 0 fully saturated rings. The fourth-order valence-corrected chi connectivity index (χ4v) is 2.19. The first kappa shape index (κ1) is 14.6. The highest BCUT2D eigenvalue weighted by Gasteiger charge is 2.12. The van der Waals surface area contributed by atoms with Gasteiger partial charge >= 0.3 is 0 Å². The molecule has 5 nitrogen and oxygen atoms in total. The van der Waals surface area contributed by atoms with E-state index in [2.05, 4.69) is 9.88 Å². The smallest absolute Gasteiger partial charge is 0.0955 e. The van der Waals surface area contributed by atoms with Crippen LogP contribution in [-0.4, -0.2) is 45.5 Å². The molecule has 0 unspecified atom stereocenters. The monoisotopic (exact) mass is 275 g/mol. The van der Waals surface area contributed by atoms with Gasteiger partial charge in [-0.25, -0.2) is 0 Å². The van der Waals surface area contributed by atoms with E-state index in [1.807, 2.05) is 24.3 Å². The average Bonchev–Trinajstić information content (AvgIpc) is 2.49. The Bertz CT molecular complexity index is 552. The molecule has 5 heteroatoms. The average molecular weight is 275 g/mol. The van der Waals surface area contributed by atoms with Crippen molar-refractivity contribution in [2.45, 2.75) is 0 Å². The zero-order valence-corrected chi connectivity index (χ0v) is 12.0. The molecular formula is C15H21N3O2. The lowest BCUT2D eigenvalue weighted by Crippen LogP contribution is -2.30. The Balaban J connectivity index is 2.38. The van der Waals surface area contributed by atoms with Gasteiger partial charge < -0.3 is 20.1 Å². The first-order valence-electron chi connectivity index (χ1n) is 6.64. The van der Waals surface area contributed by atoms with Gasteiger partial charge in [0.05, 0.1) is 24.4 Å². The first-order valence-corrected chi connectivity index (χ1v) is 6.64. The zero-order valence-electron chi connectivity index (χ0n) is 12.0. The van der Waals surface area contributed by atoms with Crippen molar-refractivity contribution in [3.8, 4) is 0 Å². The van der Waals surface area contributed by atoms with Crippen LogP contribution in [-0.2, 0) is 9.47 Å². The van der Waals surface area contributed by atoms with E-state index in [0.717, 1.165) is 35.4 Å². The maximum Gasteiger partial charge on any atom is 0.0955 e. The molecule has 2 rings (SSSR count). The summed E-state index contributed by atoms with van der Waals surface area (Å²) in [6.45, 7) is 2.88. The van der Waals surface area contributed by atoms with Crippen LogP contribution in [0.5, 0.6) is 0 Å². The third-order valence-electron chi connectivity index (χ3n) is 3.25. The van der Waals surface area contributed by atoms with Crippen LogP contribution < -0.4 is 10.6 Å². The van der Waals surface area contributed by atoms with Crippen molar-refractivity contribution in [3.63, 3.8) is 0 Å². The molecule has 108 valence electrons. The summed E-state index contributed by atoms with van der Waals surface area (Å²) < 4.78 is 10.4. The van der Waals surface area contributed by atoms with E-state index in [4.69, 9.17) is 15.2 Å². The number of pyridine rings is 1. The summed E-state index contributed by atoms with van der Waals surface area (Å²) in [7, 11) is 3.40. The minimum Gasteiger partial charge on any atom is -0.398 e. The molecule has 2 aromatic rings. The summed E-state index contributed by atoms with van der Waals surface area (Å²) in [5.41, 5.74) is 8.74. The Kier molecular flexibility index (Phi) is 5.15. The van der Waals surface area contributed by atoms with E-state index in [-0.39, 0.29) is 0 Å². The van der Waals surface area contributed by atoms with Crippen LogP contribution in [0, 0.1) is 0 Å². The maximum absolute atomic E-state index is 6.02. The molecule has 1 aromatic heterocycles. The molecule has 1 heterocycles. The SMILES string of the molecule is COCCN(CCOC)c1ccc(N)c2cccnc12. The van der Waals surface area contributed by atoms with Crippen LogP contribution in [0.4, 0.5) is 11.4 Å². The lowest BCUT2D eigenvalue weighted by atomic mass is 10.1. The predicted molar refractivity (Wildman–Crippen MR) is 82.1 cm³/mol. The van der Waals surface area contributed by atoms with Crippen molar-refractivity contribution in [1.82, 2.24) is 4.98 Å². The van der Waals surface area contributed by atoms with Crippen molar-refractivity contribution in [1.29, 1.82) is 0 Å². The number of ether oxygens (including phenoxy) is 2. The lowest BCUT2D eigenvalue weighted by molar-refractivity contribution is 0.190. The van der Waals surface area contributed by atoms with Crippen molar-refractivity contribution in [3.05, 3.63) is 30.5 Å². The summed E-state index contributed by atoms with van der Waals surface area (Å²) in [4.78, 5) is 6.69. The van der Waals surface area contributed by atoms with Crippen LogP contribution in [0.1, 0.15) is 0 Å². The summed E-state index contributed by atoms with van der Waals surface area (Å²) in [6, 6.07) is 7.82. The number of nitrogen functional groups attached to an aromatic ring is 1. The number of hydrogen-bond donors (Lipinski definition) is 1. The second-order valence-corrected chi connectivity index (χ2v) is 4.55. The second kappa shape index (κ2) is 7.07. The van der Waals surface area contributed by atoms with Crippen LogP contribution >= 0.6 is 0 Å². The molecular weight excluding hydrogens is 254 g/mol. The van der Waals surface area contributed by atoms with Crippen molar-refractivity contribution in [2.24, 2.45) is 0 Å². The molecule has 0 aliphatic rings. The highest BCUT2D eigenvalue weighted by Crippen LogP contribution is 2.28. The Morgan fingerprint density at radius 3 is 2.45 bits per heavy atom. The van der Waals surface area contributed by atoms with Crippen molar-refractivity contribution >= 4 is 22.3 Å². The number of hydrogen-bond acceptors (Lipinski definition) is 5. The minimum atomic E-state index is 0.655. The van der Waals surface area contributed by atoms with Crippen LogP contribution in [0.25, 0.3) is 10.9 Å². The predicted octanol–water partition coefficient (Wildman–Crippen LogP) is 1.92. The Morgan fingerprint density at radius 1 is 1.10 bits per heavy atom. The summed E-state index contributed by atoms with van der Waals surface area (Å²) >= 11 is 0. The number of fused-ring (bicyclic) bond motifs is 1. The summed E-state index contributed by atoms with van der Waals surface area (Å²) in [5.74, 6) is 0. The molecule has 1 aromatic carbocycles. The van der Waals surface area contributed by atoms with Crippen LogP contribution in [0.15, 0.2) is 30.5 Å². The van der Waals surface area contributed by atoms with Gasteiger partial charge in [0, 0.05) is 44.6 Å². The quantitative estimate of drug-likeness (QED) is 0.782. The fraction of sp³-hybridized carbons (Fsp3) is 0.400. The number of rotatable bonds is 7. The topological polar surface area (TPSA) is 60.6 Å². The molecule has 0 saturated heterocycles. The summed E-state index contributed by atoms with van der Waals surface area (Å²) in [5, 5.41) is 0.977. The molecule has 2 N–H and O–H groups in total. The summed E-state index contributed by atoms with van der Waals surface area (Å²) in [6.07, 6.45) is 1.79. The Morgan fingerprint density at radius 2 is 1.80 bits per heavy atom. The molecule has 0 aliphatic heterocycles. The molecule has 0 atom stereocenters. The Labute approximate surface area is 119 Å². The highest BCUT2D eigenvalue weighted by atomic mass is 16.5. The number of benzene rings is 1. The third-order valence-corrected chi connectivity index (χ3v) is 3.25. The van der Waals surface area contributed by atoms with Gasteiger partial charge in [0.1, 0.15) is 0 Å². The van der Waals surface area contributed by atoms with Gasteiger partial charge in [0.2, 0.25) is 0 Å². The van der Waals surface area contributed by atoms with E-state index < -0.39 is 0 Å². The van der Waals surface area contributed by atoms with Crippen LogP contribution in [0.2, 0.25) is 0 Å². The lowest BCUT2D eigenvalue weighted by Gasteiger charge is -2.25. The minimum absolute atomic E-state index is 0.655. The number of aromatic nitrogens is 1. The van der Waals surface area contributed by atoms with Gasteiger partial charge in [-0.2, -0.15) is 0 Å². The van der Waals surface area contributed by atoms with Crippen LogP contribution in [0.3, 0.4) is 0 Å². The fourth-order valence-electron chi connectivity index (χ4n) is 2.19. The Hall–Kier alpha value is -1.85. The molecule has 0 bridgehead atoms. The highest BCUT2D eigenvalue weighted by molar-refractivity contribution is 5.98.